The smallest absolute Gasteiger partial charge is 0.265 e. The Morgan fingerprint density at radius 3 is 2.50 bits per heavy atom. The van der Waals surface area contributed by atoms with Gasteiger partial charge in [0.1, 0.15) is 16.4 Å². The van der Waals surface area contributed by atoms with Crippen LogP contribution in [0.1, 0.15) is 31.2 Å². The highest BCUT2D eigenvalue weighted by atomic mass is 79.9. The molecule has 1 aromatic heterocycles. The van der Waals surface area contributed by atoms with E-state index in [9.17, 15) is 13.2 Å². The van der Waals surface area contributed by atoms with Crippen molar-refractivity contribution in [2.45, 2.75) is 30.5 Å². The zero-order valence-corrected chi connectivity index (χ0v) is 17.9. The highest BCUT2D eigenvalue weighted by Crippen LogP contribution is 2.33. The predicted octanol–water partition coefficient (Wildman–Crippen LogP) is 4.60. The van der Waals surface area contributed by atoms with Crippen LogP contribution in [0.5, 0.6) is 5.75 Å². The normalized spacial score (nSPS) is 11.8. The lowest BCUT2D eigenvalue weighted by atomic mass is 10.1. The predicted molar refractivity (Wildman–Crippen MR) is 107 cm³/mol. The molecule has 6 nitrogen and oxygen atoms in total. The van der Waals surface area contributed by atoms with E-state index < -0.39 is 14.9 Å². The maximum absolute atomic E-state index is 12.7. The fourth-order valence-electron chi connectivity index (χ4n) is 1.95. The Bertz CT molecular complexity index is 875. The van der Waals surface area contributed by atoms with Gasteiger partial charge in [-0.3, -0.25) is 14.5 Å². The summed E-state index contributed by atoms with van der Waals surface area (Å²) in [6.45, 7) is 5.41. The Labute approximate surface area is 167 Å². The molecule has 0 aliphatic carbocycles. The van der Waals surface area contributed by atoms with Crippen molar-refractivity contribution in [1.29, 1.82) is 0 Å². The number of alkyl halides is 1. The van der Waals surface area contributed by atoms with Gasteiger partial charge in [0, 0.05) is 6.20 Å². The zero-order chi connectivity index (χ0) is 19.9. The number of Topliss-reactive ketones (excluding diaryl/α,β-unsaturated/α-hetero) is 1. The molecular weight excluding hydrogens is 444 g/mol. The first kappa shape index (κ1) is 22.4. The van der Waals surface area contributed by atoms with E-state index in [1.165, 1.54) is 44.6 Å². The number of carbonyl (C=O) groups is 1. The van der Waals surface area contributed by atoms with Gasteiger partial charge in [-0.1, -0.05) is 47.4 Å². The molecule has 0 saturated carbocycles. The van der Waals surface area contributed by atoms with Gasteiger partial charge in [-0.15, -0.1) is 0 Å². The van der Waals surface area contributed by atoms with Crippen LogP contribution in [-0.4, -0.2) is 26.3 Å². The van der Waals surface area contributed by atoms with Crippen molar-refractivity contribution in [3.8, 4) is 5.75 Å². The van der Waals surface area contributed by atoms with Gasteiger partial charge in [-0.05, 0) is 30.7 Å². The summed E-state index contributed by atoms with van der Waals surface area (Å²) in [4.78, 5) is 14.7. The lowest BCUT2D eigenvalue weighted by Crippen LogP contribution is -2.15. The molecule has 1 N–H and O–H groups in total. The first-order valence-electron chi connectivity index (χ1n) is 7.71. The molecule has 0 spiro atoms. The van der Waals surface area contributed by atoms with E-state index in [0.29, 0.717) is 5.56 Å². The fourth-order valence-corrected chi connectivity index (χ4v) is 3.71. The number of methoxy groups -OCH3 is 1. The number of sulfonamides is 1. The van der Waals surface area contributed by atoms with Crippen LogP contribution in [-0.2, 0) is 14.8 Å². The Morgan fingerprint density at radius 2 is 1.96 bits per heavy atom. The number of halogens is 2. The number of ketones is 1. The van der Waals surface area contributed by atoms with Crippen molar-refractivity contribution in [3.63, 3.8) is 0 Å². The summed E-state index contributed by atoms with van der Waals surface area (Å²) in [5, 5.41) is 0.214. The van der Waals surface area contributed by atoms with Crippen LogP contribution in [0.2, 0.25) is 5.02 Å². The van der Waals surface area contributed by atoms with Gasteiger partial charge in [0.2, 0.25) is 0 Å². The number of anilines is 1. The van der Waals surface area contributed by atoms with E-state index in [-0.39, 0.29) is 27.1 Å². The molecule has 0 saturated heterocycles. The lowest BCUT2D eigenvalue weighted by molar-refractivity contribution is -0.116. The monoisotopic (exact) mass is 462 g/mol. The minimum absolute atomic E-state index is 0.104. The average Bonchev–Trinajstić information content (AvgIpc) is 2.64. The third-order valence-corrected chi connectivity index (χ3v) is 6.03. The first-order valence-corrected chi connectivity index (χ1v) is 10.5. The molecule has 0 aliphatic heterocycles. The van der Waals surface area contributed by atoms with Gasteiger partial charge in [-0.2, -0.15) is 0 Å². The maximum atomic E-state index is 12.7. The molecule has 2 aromatic rings. The summed E-state index contributed by atoms with van der Waals surface area (Å²) < 4.78 is 32.9. The van der Waals surface area contributed by atoms with Crippen LogP contribution in [0.15, 0.2) is 41.6 Å². The molecule has 1 atom stereocenters. The van der Waals surface area contributed by atoms with Gasteiger partial charge >= 0.3 is 0 Å². The number of hydrogen-bond acceptors (Lipinski definition) is 5. The molecule has 26 heavy (non-hydrogen) atoms. The Balaban J connectivity index is 0.00000163. The number of aromatic nitrogens is 1. The molecule has 1 heterocycles. The fraction of sp³-hybridized carbons (Fsp3) is 0.294. The molecule has 1 aromatic carbocycles. The van der Waals surface area contributed by atoms with Crippen molar-refractivity contribution in [3.05, 3.63) is 47.2 Å². The molecule has 0 aliphatic rings. The second-order valence-electron chi connectivity index (χ2n) is 4.84. The van der Waals surface area contributed by atoms with Gasteiger partial charge in [0.15, 0.2) is 0 Å². The number of rotatable bonds is 6. The van der Waals surface area contributed by atoms with Gasteiger partial charge in [0.25, 0.3) is 10.0 Å². The number of carbonyl (C=O) groups excluding carboxylic acids is 1. The zero-order valence-electron chi connectivity index (χ0n) is 14.8. The summed E-state index contributed by atoms with van der Waals surface area (Å²) in [6.07, 6.45) is 2.75. The summed E-state index contributed by atoms with van der Waals surface area (Å²) in [7, 11) is -2.63. The highest BCUT2D eigenvalue weighted by molar-refractivity contribution is 9.09. The highest BCUT2D eigenvalue weighted by Gasteiger charge is 2.23. The molecule has 0 radical (unpaired) electrons. The van der Waals surface area contributed by atoms with E-state index >= 15 is 0 Å². The summed E-state index contributed by atoms with van der Waals surface area (Å²) >= 11 is 9.20. The largest absolute Gasteiger partial charge is 0.495 e. The van der Waals surface area contributed by atoms with Crippen molar-refractivity contribution in [2.24, 2.45) is 0 Å². The minimum Gasteiger partial charge on any atom is -0.495 e. The molecule has 0 fully saturated rings. The molecule has 0 bridgehead atoms. The standard InChI is InChI=1S/C15H14BrClN2O4S.C2H6/c1-9(20)15(16)10-3-4-13(23-2)14(7-10)24(21,22)19-12-8-18-6-5-11(12)17;1-2/h3-8,15,19H,1-2H3;1-2H3. The van der Waals surface area contributed by atoms with Gasteiger partial charge in [-0.25, -0.2) is 8.42 Å². The van der Waals surface area contributed by atoms with Crippen molar-refractivity contribution >= 4 is 49.0 Å². The molecule has 1 unspecified atom stereocenters. The summed E-state index contributed by atoms with van der Waals surface area (Å²) in [6, 6.07) is 5.96. The molecule has 142 valence electrons. The number of benzene rings is 1. The molecular formula is C17H20BrClN2O4S. The van der Waals surface area contributed by atoms with Crippen LogP contribution < -0.4 is 9.46 Å². The van der Waals surface area contributed by atoms with E-state index in [1.807, 2.05) is 13.8 Å². The van der Waals surface area contributed by atoms with Gasteiger partial charge in [0.05, 0.1) is 28.8 Å². The van der Waals surface area contributed by atoms with Crippen molar-refractivity contribution < 1.29 is 17.9 Å². The molecule has 9 heteroatoms. The van der Waals surface area contributed by atoms with Crippen LogP contribution >= 0.6 is 27.5 Å². The Kier molecular flexibility index (Phi) is 8.52. The average molecular weight is 464 g/mol. The second kappa shape index (κ2) is 9.89. The minimum atomic E-state index is -3.99. The third kappa shape index (κ3) is 5.43. The molecule has 0 amide bonds. The summed E-state index contributed by atoms with van der Waals surface area (Å²) in [5.74, 6) is 0.00120. The van der Waals surface area contributed by atoms with Crippen molar-refractivity contribution in [2.75, 3.05) is 11.8 Å². The first-order chi connectivity index (χ1) is 12.3. The quantitative estimate of drug-likeness (QED) is 0.633. The van der Waals surface area contributed by atoms with E-state index in [4.69, 9.17) is 16.3 Å². The van der Waals surface area contributed by atoms with Crippen LogP contribution in [0.4, 0.5) is 5.69 Å². The van der Waals surface area contributed by atoms with E-state index in [2.05, 4.69) is 25.6 Å². The lowest BCUT2D eigenvalue weighted by Gasteiger charge is -2.15. The number of pyridine rings is 1. The number of nitrogens with zero attached hydrogens (tertiary/aromatic N) is 1. The third-order valence-electron chi connectivity index (χ3n) is 3.14. The van der Waals surface area contributed by atoms with Gasteiger partial charge < -0.3 is 4.74 Å². The van der Waals surface area contributed by atoms with Crippen LogP contribution in [0, 0.1) is 0 Å². The van der Waals surface area contributed by atoms with Crippen molar-refractivity contribution in [1.82, 2.24) is 4.98 Å². The Morgan fingerprint density at radius 1 is 1.31 bits per heavy atom. The SMILES string of the molecule is CC.COc1ccc(C(Br)C(C)=O)cc1S(=O)(=O)Nc1cnccc1Cl. The van der Waals surface area contributed by atoms with E-state index in [0.717, 1.165) is 0 Å². The topological polar surface area (TPSA) is 85.4 Å². The molecule has 2 rings (SSSR count). The number of hydrogen-bond donors (Lipinski definition) is 1. The number of ether oxygens (including phenoxy) is 1. The van der Waals surface area contributed by atoms with E-state index in [1.54, 1.807) is 6.07 Å². The summed E-state index contributed by atoms with van der Waals surface area (Å²) in [5.41, 5.74) is 0.648. The Hall–Kier alpha value is -1.64. The van der Waals surface area contributed by atoms with Crippen LogP contribution in [0.25, 0.3) is 0 Å². The maximum Gasteiger partial charge on any atom is 0.265 e. The number of nitrogens with one attached hydrogen (secondary N) is 1. The van der Waals surface area contributed by atoms with Crippen LogP contribution in [0.3, 0.4) is 0 Å². The second-order valence-corrected chi connectivity index (χ2v) is 7.82.